The summed E-state index contributed by atoms with van der Waals surface area (Å²) in [6, 6.07) is 6.43. The Balaban J connectivity index is 1.78. The first-order valence-electron chi connectivity index (χ1n) is 6.79. The maximum Gasteiger partial charge on any atom is 0.122 e. The summed E-state index contributed by atoms with van der Waals surface area (Å²) in [7, 11) is 3.63. The Kier molecular flexibility index (Phi) is 5.19. The zero-order valence-corrected chi connectivity index (χ0v) is 11.8. The molecule has 2 rings (SSSR count). The second kappa shape index (κ2) is 6.89. The molecule has 0 spiro atoms. The molecule has 106 valence electrons. The van der Waals surface area contributed by atoms with E-state index in [0.717, 1.165) is 31.7 Å². The molecule has 0 bridgehead atoms. The maximum absolute atomic E-state index is 9.66. The molecule has 0 fully saturated rings. The van der Waals surface area contributed by atoms with Gasteiger partial charge in [-0.1, -0.05) is 12.1 Å². The van der Waals surface area contributed by atoms with Gasteiger partial charge in [0.2, 0.25) is 0 Å². The van der Waals surface area contributed by atoms with Crippen molar-refractivity contribution in [2.75, 3.05) is 40.5 Å². The minimum atomic E-state index is -0.413. The van der Waals surface area contributed by atoms with Crippen LogP contribution in [0, 0.1) is 0 Å². The number of methoxy groups -OCH3 is 1. The van der Waals surface area contributed by atoms with Crippen LogP contribution in [0.2, 0.25) is 0 Å². The summed E-state index contributed by atoms with van der Waals surface area (Å²) in [5.74, 6) is 1.03. The predicted molar refractivity (Wildman–Crippen MR) is 74.7 cm³/mol. The standard InChI is InChI=1S/C15H23NO3/c1-16(10-14(17)11-18-2)7-5-12-3-4-15-13(9-12)6-8-19-15/h3-4,9,14,17H,5-8,10-11H2,1-2H3. The second-order valence-corrected chi connectivity index (χ2v) is 5.16. The zero-order valence-electron chi connectivity index (χ0n) is 11.8. The van der Waals surface area contributed by atoms with Gasteiger partial charge in [0.25, 0.3) is 0 Å². The Labute approximate surface area is 114 Å². The van der Waals surface area contributed by atoms with Crippen LogP contribution in [0.15, 0.2) is 18.2 Å². The SMILES string of the molecule is COCC(O)CN(C)CCc1ccc2c(c1)CCO2. The number of rotatable bonds is 7. The van der Waals surface area contributed by atoms with Crippen LogP contribution in [0.4, 0.5) is 0 Å². The van der Waals surface area contributed by atoms with Gasteiger partial charge in [-0.15, -0.1) is 0 Å². The van der Waals surface area contributed by atoms with E-state index in [4.69, 9.17) is 9.47 Å². The van der Waals surface area contributed by atoms with Crippen LogP contribution in [0.5, 0.6) is 5.75 Å². The van der Waals surface area contributed by atoms with Crippen LogP contribution >= 0.6 is 0 Å². The highest BCUT2D eigenvalue weighted by molar-refractivity contribution is 5.39. The molecule has 0 saturated carbocycles. The highest BCUT2D eigenvalue weighted by Gasteiger charge is 2.12. The highest BCUT2D eigenvalue weighted by Crippen LogP contribution is 2.25. The lowest BCUT2D eigenvalue weighted by atomic mass is 10.1. The number of hydrogen-bond acceptors (Lipinski definition) is 4. The number of likely N-dealkylation sites (N-methyl/N-ethyl adjacent to an activating group) is 1. The van der Waals surface area contributed by atoms with Crippen LogP contribution in [-0.2, 0) is 17.6 Å². The molecule has 1 aromatic rings. The largest absolute Gasteiger partial charge is 0.493 e. The molecule has 1 heterocycles. The van der Waals surface area contributed by atoms with Crippen LogP contribution in [0.25, 0.3) is 0 Å². The first kappa shape index (κ1) is 14.3. The van der Waals surface area contributed by atoms with E-state index in [-0.39, 0.29) is 0 Å². The summed E-state index contributed by atoms with van der Waals surface area (Å²) in [4.78, 5) is 2.13. The van der Waals surface area contributed by atoms with Crippen molar-refractivity contribution in [2.45, 2.75) is 18.9 Å². The lowest BCUT2D eigenvalue weighted by Gasteiger charge is -2.20. The van der Waals surface area contributed by atoms with Crippen LogP contribution in [-0.4, -0.2) is 56.6 Å². The third-order valence-electron chi connectivity index (χ3n) is 3.42. The Bertz CT molecular complexity index is 408. The van der Waals surface area contributed by atoms with Gasteiger partial charge >= 0.3 is 0 Å². The Morgan fingerprint density at radius 3 is 3.11 bits per heavy atom. The average molecular weight is 265 g/mol. The molecule has 1 aliphatic heterocycles. The summed E-state index contributed by atoms with van der Waals surface area (Å²) < 4.78 is 10.4. The molecule has 0 aromatic heterocycles. The van der Waals surface area contributed by atoms with Gasteiger partial charge in [-0.2, -0.15) is 0 Å². The zero-order chi connectivity index (χ0) is 13.7. The first-order valence-corrected chi connectivity index (χ1v) is 6.79. The molecular weight excluding hydrogens is 242 g/mol. The lowest BCUT2D eigenvalue weighted by molar-refractivity contribution is 0.0435. The molecule has 4 nitrogen and oxygen atoms in total. The minimum Gasteiger partial charge on any atom is -0.493 e. The second-order valence-electron chi connectivity index (χ2n) is 5.16. The van der Waals surface area contributed by atoms with E-state index in [2.05, 4.69) is 23.1 Å². The van der Waals surface area contributed by atoms with Crippen molar-refractivity contribution in [2.24, 2.45) is 0 Å². The van der Waals surface area contributed by atoms with Gasteiger partial charge in [0.1, 0.15) is 5.75 Å². The molecule has 1 aliphatic rings. The Morgan fingerprint density at radius 1 is 1.47 bits per heavy atom. The summed E-state index contributed by atoms with van der Waals surface area (Å²) in [6.45, 7) is 2.77. The quantitative estimate of drug-likeness (QED) is 0.802. The minimum absolute atomic E-state index is 0.389. The lowest BCUT2D eigenvalue weighted by Crippen LogP contribution is -2.33. The van der Waals surface area contributed by atoms with Crippen molar-refractivity contribution in [3.8, 4) is 5.75 Å². The number of aliphatic hydroxyl groups excluding tert-OH is 1. The Morgan fingerprint density at radius 2 is 2.32 bits per heavy atom. The molecule has 0 radical (unpaired) electrons. The van der Waals surface area contributed by atoms with Crippen molar-refractivity contribution < 1.29 is 14.6 Å². The maximum atomic E-state index is 9.66. The molecule has 1 atom stereocenters. The van der Waals surface area contributed by atoms with E-state index in [1.165, 1.54) is 11.1 Å². The van der Waals surface area contributed by atoms with Crippen molar-refractivity contribution in [1.82, 2.24) is 4.90 Å². The number of nitrogens with zero attached hydrogens (tertiary/aromatic N) is 1. The van der Waals surface area contributed by atoms with Crippen LogP contribution in [0.3, 0.4) is 0 Å². The molecule has 1 aromatic carbocycles. The van der Waals surface area contributed by atoms with Gasteiger partial charge in [0, 0.05) is 26.6 Å². The fourth-order valence-corrected chi connectivity index (χ4v) is 2.41. The van der Waals surface area contributed by atoms with E-state index in [1.54, 1.807) is 7.11 Å². The normalized spacial score (nSPS) is 15.4. The molecule has 0 aliphatic carbocycles. The van der Waals surface area contributed by atoms with Crippen molar-refractivity contribution >= 4 is 0 Å². The Hall–Kier alpha value is -1.10. The van der Waals surface area contributed by atoms with E-state index in [9.17, 15) is 5.11 Å². The van der Waals surface area contributed by atoms with Gasteiger partial charge in [-0.05, 0) is 30.7 Å². The van der Waals surface area contributed by atoms with Gasteiger partial charge in [-0.3, -0.25) is 0 Å². The molecule has 19 heavy (non-hydrogen) atoms. The number of ether oxygens (including phenoxy) is 2. The highest BCUT2D eigenvalue weighted by atomic mass is 16.5. The van der Waals surface area contributed by atoms with Crippen LogP contribution < -0.4 is 4.74 Å². The van der Waals surface area contributed by atoms with Crippen molar-refractivity contribution in [3.05, 3.63) is 29.3 Å². The molecule has 1 unspecified atom stereocenters. The molecule has 0 amide bonds. The molecule has 4 heteroatoms. The van der Waals surface area contributed by atoms with Gasteiger partial charge in [0.15, 0.2) is 0 Å². The number of aliphatic hydroxyl groups is 1. The van der Waals surface area contributed by atoms with Gasteiger partial charge in [0.05, 0.1) is 19.3 Å². The van der Waals surface area contributed by atoms with Gasteiger partial charge in [-0.25, -0.2) is 0 Å². The van der Waals surface area contributed by atoms with E-state index < -0.39 is 6.10 Å². The predicted octanol–water partition coefficient (Wildman–Crippen LogP) is 1.10. The number of benzene rings is 1. The molecule has 1 N–H and O–H groups in total. The van der Waals surface area contributed by atoms with E-state index in [1.807, 2.05) is 7.05 Å². The monoisotopic (exact) mass is 265 g/mol. The van der Waals surface area contributed by atoms with E-state index in [0.29, 0.717) is 13.2 Å². The average Bonchev–Trinajstić information content (AvgIpc) is 2.83. The van der Waals surface area contributed by atoms with E-state index >= 15 is 0 Å². The first-order chi connectivity index (χ1) is 9.19. The van der Waals surface area contributed by atoms with Gasteiger partial charge < -0.3 is 19.5 Å². The van der Waals surface area contributed by atoms with Crippen molar-refractivity contribution in [3.63, 3.8) is 0 Å². The topological polar surface area (TPSA) is 41.9 Å². The third-order valence-corrected chi connectivity index (χ3v) is 3.42. The summed E-state index contributed by atoms with van der Waals surface area (Å²) in [5, 5.41) is 9.66. The molecule has 0 saturated heterocycles. The summed E-state index contributed by atoms with van der Waals surface area (Å²) in [6.07, 6.45) is 1.60. The number of fused-ring (bicyclic) bond motifs is 1. The fraction of sp³-hybridized carbons (Fsp3) is 0.600. The fourth-order valence-electron chi connectivity index (χ4n) is 2.41. The third kappa shape index (κ3) is 4.20. The smallest absolute Gasteiger partial charge is 0.122 e. The summed E-state index contributed by atoms with van der Waals surface area (Å²) >= 11 is 0. The summed E-state index contributed by atoms with van der Waals surface area (Å²) in [5.41, 5.74) is 2.65. The number of hydrogen-bond donors (Lipinski definition) is 1. The van der Waals surface area contributed by atoms with Crippen molar-refractivity contribution in [1.29, 1.82) is 0 Å². The van der Waals surface area contributed by atoms with Crippen LogP contribution in [0.1, 0.15) is 11.1 Å². The molecular formula is C15H23NO3.